The van der Waals surface area contributed by atoms with Crippen LogP contribution in [-0.2, 0) is 0 Å². The highest BCUT2D eigenvalue weighted by molar-refractivity contribution is 5.99. The molecule has 0 unspecified atom stereocenters. The number of rotatable bonds is 6. The third-order valence-electron chi connectivity index (χ3n) is 4.74. The second kappa shape index (κ2) is 6.48. The second-order valence-corrected chi connectivity index (χ2v) is 6.72. The lowest BCUT2D eigenvalue weighted by atomic mass is 10.2. The summed E-state index contributed by atoms with van der Waals surface area (Å²) < 4.78 is 14.4. The van der Waals surface area contributed by atoms with E-state index in [0.29, 0.717) is 12.2 Å². The Morgan fingerprint density at radius 2 is 2.04 bits per heavy atom. The predicted molar refractivity (Wildman–Crippen MR) is 102 cm³/mol. The molecule has 1 fully saturated rings. The standard InChI is InChI=1S/C19H19FN6O/c20-14-9-13(16(22)27)17(25-18(14)26-19(10-21)5-6-19)24-12-3-4-15-11(8-12)2-1-7-23-15/h1-4,7-9H,5-6,10,21H2,(H2,22,27)(H2,24,25,26). The Bertz CT molecular complexity index is 1030. The Balaban J connectivity index is 1.71. The van der Waals surface area contributed by atoms with Crippen molar-refractivity contribution in [3.05, 3.63) is 54.0 Å². The van der Waals surface area contributed by atoms with Crippen LogP contribution < -0.4 is 22.1 Å². The zero-order chi connectivity index (χ0) is 19.0. The van der Waals surface area contributed by atoms with E-state index in [9.17, 15) is 9.18 Å². The van der Waals surface area contributed by atoms with Gasteiger partial charge in [0.1, 0.15) is 5.82 Å². The number of aromatic nitrogens is 2. The van der Waals surface area contributed by atoms with Crippen LogP contribution in [0, 0.1) is 5.82 Å². The van der Waals surface area contributed by atoms with Crippen LogP contribution in [0.1, 0.15) is 23.2 Å². The van der Waals surface area contributed by atoms with Gasteiger partial charge >= 0.3 is 0 Å². The smallest absolute Gasteiger partial charge is 0.252 e. The third-order valence-corrected chi connectivity index (χ3v) is 4.74. The quantitative estimate of drug-likeness (QED) is 0.532. The minimum Gasteiger partial charge on any atom is -0.365 e. The molecule has 0 atom stereocenters. The van der Waals surface area contributed by atoms with E-state index in [2.05, 4.69) is 20.6 Å². The fourth-order valence-electron chi connectivity index (χ4n) is 2.93. The normalized spacial score (nSPS) is 14.7. The predicted octanol–water partition coefficient (Wildman–Crippen LogP) is 2.51. The number of amides is 1. The van der Waals surface area contributed by atoms with Crippen LogP contribution >= 0.6 is 0 Å². The number of carbonyl (C=O) groups is 1. The molecule has 3 aromatic rings. The molecular weight excluding hydrogens is 347 g/mol. The van der Waals surface area contributed by atoms with E-state index in [1.165, 1.54) is 0 Å². The highest BCUT2D eigenvalue weighted by atomic mass is 19.1. The maximum absolute atomic E-state index is 14.4. The summed E-state index contributed by atoms with van der Waals surface area (Å²) in [5, 5.41) is 7.04. The molecule has 2 aromatic heterocycles. The van der Waals surface area contributed by atoms with Crippen molar-refractivity contribution in [2.45, 2.75) is 18.4 Å². The van der Waals surface area contributed by atoms with E-state index >= 15 is 0 Å². The summed E-state index contributed by atoms with van der Waals surface area (Å²) in [6, 6.07) is 10.4. The van der Waals surface area contributed by atoms with E-state index in [4.69, 9.17) is 11.5 Å². The first-order valence-electron chi connectivity index (χ1n) is 8.60. The van der Waals surface area contributed by atoms with Gasteiger partial charge in [0.2, 0.25) is 0 Å². The number of primary amides is 1. The minimum atomic E-state index is -0.766. The van der Waals surface area contributed by atoms with Gasteiger partial charge in [-0.3, -0.25) is 9.78 Å². The minimum absolute atomic E-state index is 0.0260. The van der Waals surface area contributed by atoms with Gasteiger partial charge in [-0.05, 0) is 43.2 Å². The van der Waals surface area contributed by atoms with Gasteiger partial charge in [0.05, 0.1) is 16.6 Å². The Kier molecular flexibility index (Phi) is 4.12. The Labute approximate surface area is 155 Å². The second-order valence-electron chi connectivity index (χ2n) is 6.72. The zero-order valence-electron chi connectivity index (χ0n) is 14.5. The summed E-state index contributed by atoms with van der Waals surface area (Å²) in [5.41, 5.74) is 12.3. The van der Waals surface area contributed by atoms with Crippen LogP contribution in [-0.4, -0.2) is 28.0 Å². The van der Waals surface area contributed by atoms with E-state index in [1.807, 2.05) is 24.3 Å². The Hall–Kier alpha value is -3.26. The summed E-state index contributed by atoms with van der Waals surface area (Å²) in [7, 11) is 0. The summed E-state index contributed by atoms with van der Waals surface area (Å²) in [6.07, 6.45) is 3.41. The molecule has 7 nitrogen and oxygen atoms in total. The lowest BCUT2D eigenvalue weighted by molar-refractivity contribution is 0.100. The van der Waals surface area contributed by atoms with Crippen LogP contribution in [0.3, 0.4) is 0 Å². The molecule has 0 aliphatic heterocycles. The van der Waals surface area contributed by atoms with Gasteiger partial charge in [0.25, 0.3) is 5.91 Å². The number of benzene rings is 1. The van der Waals surface area contributed by atoms with Crippen molar-refractivity contribution in [1.29, 1.82) is 0 Å². The molecule has 138 valence electrons. The number of pyridine rings is 2. The van der Waals surface area contributed by atoms with E-state index in [1.54, 1.807) is 12.3 Å². The maximum Gasteiger partial charge on any atom is 0.252 e. The molecule has 0 saturated heterocycles. The molecule has 1 aromatic carbocycles. The van der Waals surface area contributed by atoms with Crippen molar-refractivity contribution < 1.29 is 9.18 Å². The summed E-state index contributed by atoms with van der Waals surface area (Å²) in [6.45, 7) is 0.381. The number of nitrogens with one attached hydrogen (secondary N) is 2. The van der Waals surface area contributed by atoms with Crippen molar-refractivity contribution in [2.75, 3.05) is 17.2 Å². The van der Waals surface area contributed by atoms with Crippen molar-refractivity contribution in [2.24, 2.45) is 11.5 Å². The molecule has 1 aliphatic carbocycles. The van der Waals surface area contributed by atoms with Gasteiger partial charge in [0, 0.05) is 23.8 Å². The summed E-state index contributed by atoms with van der Waals surface area (Å²) >= 11 is 0. The van der Waals surface area contributed by atoms with Crippen LogP contribution in [0.2, 0.25) is 0 Å². The molecule has 0 spiro atoms. The van der Waals surface area contributed by atoms with Gasteiger partial charge in [-0.1, -0.05) is 6.07 Å². The van der Waals surface area contributed by atoms with Gasteiger partial charge in [0.15, 0.2) is 11.6 Å². The van der Waals surface area contributed by atoms with Gasteiger partial charge in [-0.15, -0.1) is 0 Å². The molecule has 8 heteroatoms. The average molecular weight is 366 g/mol. The van der Waals surface area contributed by atoms with Crippen molar-refractivity contribution in [3.63, 3.8) is 0 Å². The fourth-order valence-corrected chi connectivity index (χ4v) is 2.93. The van der Waals surface area contributed by atoms with Crippen molar-refractivity contribution in [3.8, 4) is 0 Å². The number of anilines is 3. The van der Waals surface area contributed by atoms with Crippen LogP contribution in [0.15, 0.2) is 42.6 Å². The molecule has 0 bridgehead atoms. The maximum atomic E-state index is 14.4. The molecule has 6 N–H and O–H groups in total. The molecule has 1 saturated carbocycles. The number of halogens is 1. The molecule has 27 heavy (non-hydrogen) atoms. The zero-order valence-corrected chi connectivity index (χ0v) is 14.5. The highest BCUT2D eigenvalue weighted by Crippen LogP contribution is 2.38. The first kappa shape index (κ1) is 17.2. The van der Waals surface area contributed by atoms with Crippen molar-refractivity contribution in [1.82, 2.24) is 9.97 Å². The van der Waals surface area contributed by atoms with Crippen molar-refractivity contribution >= 4 is 34.1 Å². The van der Waals surface area contributed by atoms with Crippen LogP contribution in [0.25, 0.3) is 10.9 Å². The lowest BCUT2D eigenvalue weighted by Gasteiger charge is -2.18. The average Bonchev–Trinajstić information content (AvgIpc) is 3.44. The first-order valence-corrected chi connectivity index (χ1v) is 8.60. The first-order chi connectivity index (χ1) is 13.0. The summed E-state index contributed by atoms with van der Waals surface area (Å²) in [5.74, 6) is -1.18. The van der Waals surface area contributed by atoms with Gasteiger partial charge < -0.3 is 22.1 Å². The number of hydrogen-bond donors (Lipinski definition) is 4. The molecule has 1 aliphatic rings. The largest absolute Gasteiger partial charge is 0.365 e. The number of hydrogen-bond acceptors (Lipinski definition) is 6. The SMILES string of the molecule is NCC1(Nc2nc(Nc3ccc4ncccc4c3)c(C(N)=O)cc2F)CC1. The van der Waals surface area contributed by atoms with Gasteiger partial charge in [-0.25, -0.2) is 9.37 Å². The third kappa shape index (κ3) is 3.39. The van der Waals surface area contributed by atoms with E-state index < -0.39 is 11.7 Å². The molecule has 4 rings (SSSR count). The Morgan fingerprint density at radius 1 is 1.22 bits per heavy atom. The van der Waals surface area contributed by atoms with Gasteiger partial charge in [-0.2, -0.15) is 0 Å². The van der Waals surface area contributed by atoms with Crippen LogP contribution in [0.4, 0.5) is 21.7 Å². The number of fused-ring (bicyclic) bond motifs is 1. The number of nitrogens with two attached hydrogens (primary N) is 2. The summed E-state index contributed by atoms with van der Waals surface area (Å²) in [4.78, 5) is 20.3. The molecule has 2 heterocycles. The van der Waals surface area contributed by atoms with E-state index in [-0.39, 0.29) is 22.7 Å². The Morgan fingerprint density at radius 3 is 2.74 bits per heavy atom. The molecular formula is C19H19FN6O. The van der Waals surface area contributed by atoms with Crippen LogP contribution in [0.5, 0.6) is 0 Å². The lowest BCUT2D eigenvalue weighted by Crippen LogP contribution is -2.32. The topological polar surface area (TPSA) is 119 Å². The highest BCUT2D eigenvalue weighted by Gasteiger charge is 2.42. The fraction of sp³-hybridized carbons (Fsp3) is 0.211. The molecule has 0 radical (unpaired) electrons. The number of nitrogens with zero attached hydrogens (tertiary/aromatic N) is 2. The molecule has 1 amide bonds. The monoisotopic (exact) mass is 366 g/mol. The number of carbonyl (C=O) groups excluding carboxylic acids is 1. The van der Waals surface area contributed by atoms with E-state index in [0.717, 1.165) is 29.8 Å².